The average molecular weight is 241 g/mol. The lowest BCUT2D eigenvalue weighted by Gasteiger charge is -2.10. The Hall–Kier alpha value is -1.10. The molecule has 1 aromatic carbocycles. The third-order valence-corrected chi connectivity index (χ3v) is 2.02. The Balaban J connectivity index is 3.45. The largest absolute Gasteiger partial charge is 0.419 e. The van der Waals surface area contributed by atoms with Gasteiger partial charge in [-0.05, 0) is 19.1 Å². The molecule has 0 amide bonds. The first-order chi connectivity index (χ1) is 6.73. The van der Waals surface area contributed by atoms with E-state index in [2.05, 4.69) is 0 Å². The van der Waals surface area contributed by atoms with Crippen LogP contribution in [0.5, 0.6) is 0 Å². The van der Waals surface area contributed by atoms with Gasteiger partial charge in [0.2, 0.25) is 0 Å². The zero-order valence-corrected chi connectivity index (χ0v) is 8.21. The fourth-order valence-electron chi connectivity index (χ4n) is 0.999. The summed E-state index contributed by atoms with van der Waals surface area (Å²) >= 11 is 5.24. The highest BCUT2D eigenvalue weighted by molar-refractivity contribution is 6.31. The number of carbonyl (C=O) groups is 1. The summed E-state index contributed by atoms with van der Waals surface area (Å²) in [5.74, 6) is -2.17. The molecule has 1 aromatic rings. The highest BCUT2D eigenvalue weighted by Crippen LogP contribution is 2.34. The molecule has 15 heavy (non-hydrogen) atoms. The number of rotatable bonds is 1. The average Bonchev–Trinajstić information content (AvgIpc) is 2.06. The molecular formula is C9H5ClF4O. The molecule has 1 rings (SSSR count). The van der Waals surface area contributed by atoms with Gasteiger partial charge in [0.1, 0.15) is 0 Å². The first-order valence-corrected chi connectivity index (χ1v) is 4.18. The maximum absolute atomic E-state index is 13.0. The predicted octanol–water partition coefficient (Wildman–Crippen LogP) is 3.70. The van der Waals surface area contributed by atoms with Gasteiger partial charge in [0, 0.05) is 5.56 Å². The van der Waals surface area contributed by atoms with Crippen molar-refractivity contribution in [1.29, 1.82) is 0 Å². The van der Waals surface area contributed by atoms with Crippen LogP contribution in [0.2, 0.25) is 5.02 Å². The molecule has 1 nitrogen and oxygen atoms in total. The van der Waals surface area contributed by atoms with Gasteiger partial charge < -0.3 is 0 Å². The number of hydrogen-bond acceptors (Lipinski definition) is 1. The number of hydrogen-bond donors (Lipinski definition) is 0. The standard InChI is InChI=1S/C9H5ClF4O/c1-4(15)5-2-6(9(12,13)14)8(11)7(10)3-5/h2-3H,1H3. The fourth-order valence-corrected chi connectivity index (χ4v) is 1.22. The predicted molar refractivity (Wildman–Crippen MR) is 46.4 cm³/mol. The molecule has 0 saturated heterocycles. The van der Waals surface area contributed by atoms with Gasteiger partial charge in [0.25, 0.3) is 0 Å². The van der Waals surface area contributed by atoms with Gasteiger partial charge in [0.05, 0.1) is 10.6 Å². The first kappa shape index (κ1) is 12.0. The molecule has 0 N–H and O–H groups in total. The van der Waals surface area contributed by atoms with E-state index in [0.29, 0.717) is 6.07 Å². The molecule has 0 radical (unpaired) electrons. The summed E-state index contributed by atoms with van der Waals surface area (Å²) in [6.07, 6.45) is -4.86. The van der Waals surface area contributed by atoms with Gasteiger partial charge >= 0.3 is 6.18 Å². The Kier molecular flexibility index (Phi) is 3.04. The van der Waals surface area contributed by atoms with Crippen LogP contribution in [0.4, 0.5) is 17.6 Å². The van der Waals surface area contributed by atoms with Gasteiger partial charge in [-0.15, -0.1) is 0 Å². The second-order valence-electron chi connectivity index (χ2n) is 2.87. The van der Waals surface area contributed by atoms with E-state index in [4.69, 9.17) is 11.6 Å². The Labute approximate surface area is 87.7 Å². The van der Waals surface area contributed by atoms with Crippen LogP contribution in [0.15, 0.2) is 12.1 Å². The Bertz CT molecular complexity index is 411. The van der Waals surface area contributed by atoms with E-state index in [9.17, 15) is 22.4 Å². The van der Waals surface area contributed by atoms with E-state index in [-0.39, 0.29) is 5.56 Å². The zero-order valence-electron chi connectivity index (χ0n) is 7.45. The van der Waals surface area contributed by atoms with Gasteiger partial charge in [-0.25, -0.2) is 4.39 Å². The van der Waals surface area contributed by atoms with Gasteiger partial charge in [-0.3, -0.25) is 4.79 Å². The normalized spacial score (nSPS) is 11.6. The number of Topliss-reactive ketones (excluding diaryl/α,β-unsaturated/α-hetero) is 1. The van der Waals surface area contributed by atoms with Gasteiger partial charge in [0.15, 0.2) is 11.6 Å². The minimum atomic E-state index is -4.86. The van der Waals surface area contributed by atoms with E-state index < -0.39 is 28.4 Å². The van der Waals surface area contributed by atoms with Crippen LogP contribution in [0, 0.1) is 5.82 Å². The molecule has 0 fully saturated rings. The van der Waals surface area contributed by atoms with Crippen molar-refractivity contribution in [1.82, 2.24) is 0 Å². The van der Waals surface area contributed by atoms with Crippen molar-refractivity contribution < 1.29 is 22.4 Å². The van der Waals surface area contributed by atoms with E-state index in [0.717, 1.165) is 13.0 Å². The van der Waals surface area contributed by atoms with Crippen LogP contribution in [0.3, 0.4) is 0 Å². The molecule has 6 heteroatoms. The topological polar surface area (TPSA) is 17.1 Å². The van der Waals surface area contributed by atoms with Crippen molar-refractivity contribution >= 4 is 17.4 Å². The molecule has 82 valence electrons. The maximum Gasteiger partial charge on any atom is 0.419 e. The van der Waals surface area contributed by atoms with E-state index in [1.54, 1.807) is 0 Å². The van der Waals surface area contributed by atoms with E-state index in [1.807, 2.05) is 0 Å². The number of halogens is 5. The van der Waals surface area contributed by atoms with Crippen LogP contribution in [-0.4, -0.2) is 5.78 Å². The molecule has 0 saturated carbocycles. The molecule has 0 unspecified atom stereocenters. The van der Waals surface area contributed by atoms with E-state index in [1.165, 1.54) is 0 Å². The lowest BCUT2D eigenvalue weighted by atomic mass is 10.1. The number of alkyl halides is 3. The molecule has 0 spiro atoms. The lowest BCUT2D eigenvalue weighted by molar-refractivity contribution is -0.140. The number of benzene rings is 1. The molecule has 0 heterocycles. The second kappa shape index (κ2) is 3.81. The summed E-state index contributed by atoms with van der Waals surface area (Å²) in [7, 11) is 0. The molecule has 0 atom stereocenters. The molecule has 0 aromatic heterocycles. The third kappa shape index (κ3) is 2.47. The van der Waals surface area contributed by atoms with Crippen LogP contribution < -0.4 is 0 Å². The van der Waals surface area contributed by atoms with Crippen molar-refractivity contribution in [2.75, 3.05) is 0 Å². The highest BCUT2D eigenvalue weighted by Gasteiger charge is 2.35. The Morgan fingerprint density at radius 2 is 1.87 bits per heavy atom. The van der Waals surface area contributed by atoms with Gasteiger partial charge in [-0.2, -0.15) is 13.2 Å². The summed E-state index contributed by atoms with van der Waals surface area (Å²) in [6, 6.07) is 1.32. The zero-order chi connectivity index (χ0) is 11.8. The minimum absolute atomic E-state index is 0.270. The number of carbonyl (C=O) groups excluding carboxylic acids is 1. The molecular weight excluding hydrogens is 236 g/mol. The molecule has 0 aliphatic heterocycles. The summed E-state index contributed by atoms with van der Waals surface area (Å²) in [5, 5.41) is -0.713. The van der Waals surface area contributed by atoms with Crippen molar-refractivity contribution in [3.63, 3.8) is 0 Å². The number of ketones is 1. The van der Waals surface area contributed by atoms with Crippen LogP contribution in [0.1, 0.15) is 22.8 Å². The monoisotopic (exact) mass is 240 g/mol. The van der Waals surface area contributed by atoms with Gasteiger partial charge in [-0.1, -0.05) is 11.6 Å². The molecule has 0 bridgehead atoms. The SMILES string of the molecule is CC(=O)c1cc(Cl)c(F)c(C(F)(F)F)c1. The lowest BCUT2D eigenvalue weighted by Crippen LogP contribution is -2.10. The molecule has 0 aliphatic rings. The van der Waals surface area contributed by atoms with Crippen molar-refractivity contribution in [3.8, 4) is 0 Å². The van der Waals surface area contributed by atoms with Crippen LogP contribution in [0.25, 0.3) is 0 Å². The summed E-state index contributed by atoms with van der Waals surface area (Å²) in [6.45, 7) is 1.07. The Morgan fingerprint density at radius 3 is 2.27 bits per heavy atom. The van der Waals surface area contributed by atoms with Crippen molar-refractivity contribution in [2.24, 2.45) is 0 Å². The van der Waals surface area contributed by atoms with Crippen LogP contribution in [-0.2, 0) is 6.18 Å². The quantitative estimate of drug-likeness (QED) is 0.540. The van der Waals surface area contributed by atoms with Crippen molar-refractivity contribution in [2.45, 2.75) is 13.1 Å². The smallest absolute Gasteiger partial charge is 0.295 e. The first-order valence-electron chi connectivity index (χ1n) is 3.80. The highest BCUT2D eigenvalue weighted by atomic mass is 35.5. The van der Waals surface area contributed by atoms with E-state index >= 15 is 0 Å². The third-order valence-electron chi connectivity index (χ3n) is 1.74. The second-order valence-corrected chi connectivity index (χ2v) is 3.28. The maximum atomic E-state index is 13.0. The molecule has 0 aliphatic carbocycles. The fraction of sp³-hybridized carbons (Fsp3) is 0.222. The Morgan fingerprint density at radius 1 is 1.33 bits per heavy atom. The van der Waals surface area contributed by atoms with Crippen molar-refractivity contribution in [3.05, 3.63) is 34.1 Å². The summed E-state index contributed by atoms with van der Waals surface area (Å²) < 4.78 is 49.8. The summed E-state index contributed by atoms with van der Waals surface area (Å²) in [4.78, 5) is 10.8. The summed E-state index contributed by atoms with van der Waals surface area (Å²) in [5.41, 5.74) is -1.80. The van der Waals surface area contributed by atoms with Crippen LogP contribution >= 0.6 is 11.6 Å². The minimum Gasteiger partial charge on any atom is -0.295 e.